The van der Waals surface area contributed by atoms with E-state index in [0.29, 0.717) is 5.76 Å². The highest BCUT2D eigenvalue weighted by molar-refractivity contribution is 7.08. The van der Waals surface area contributed by atoms with Crippen LogP contribution in [0.2, 0.25) is 0 Å². The Morgan fingerprint density at radius 3 is 2.76 bits per heavy atom. The zero-order valence-electron chi connectivity index (χ0n) is 9.27. The Bertz CT molecular complexity index is 677. The first-order valence-corrected chi connectivity index (χ1v) is 6.25. The highest BCUT2D eigenvalue weighted by atomic mass is 32.1. The van der Waals surface area contributed by atoms with E-state index in [2.05, 4.69) is 16.8 Å². The zero-order chi connectivity index (χ0) is 11.8. The minimum Gasteiger partial charge on any atom is -0.453 e. The van der Waals surface area contributed by atoms with E-state index >= 15 is 0 Å². The van der Waals surface area contributed by atoms with Crippen molar-refractivity contribution in [1.29, 1.82) is 0 Å². The Labute approximate surface area is 102 Å². The third-order valence-electron chi connectivity index (χ3n) is 2.72. The minimum absolute atomic E-state index is 0.0433. The fraction of sp³-hybridized carbons (Fsp3) is 0.0714. The SMILES string of the molecule is CC(=O)c1cc2cc(-c3ccsc3)ccc2o1. The Kier molecular flexibility index (Phi) is 2.34. The highest BCUT2D eigenvalue weighted by Gasteiger charge is 2.08. The van der Waals surface area contributed by atoms with Gasteiger partial charge in [0, 0.05) is 12.3 Å². The molecule has 0 amide bonds. The monoisotopic (exact) mass is 242 g/mol. The van der Waals surface area contributed by atoms with Crippen molar-refractivity contribution in [2.75, 3.05) is 0 Å². The van der Waals surface area contributed by atoms with Crippen molar-refractivity contribution in [2.24, 2.45) is 0 Å². The summed E-state index contributed by atoms with van der Waals surface area (Å²) in [4.78, 5) is 11.2. The largest absolute Gasteiger partial charge is 0.453 e. The van der Waals surface area contributed by atoms with Gasteiger partial charge in [-0.15, -0.1) is 0 Å². The van der Waals surface area contributed by atoms with Crippen LogP contribution in [-0.4, -0.2) is 5.78 Å². The average Bonchev–Trinajstić information content (AvgIpc) is 2.97. The molecule has 0 aliphatic carbocycles. The summed E-state index contributed by atoms with van der Waals surface area (Å²) in [5, 5.41) is 5.13. The number of benzene rings is 1. The number of thiophene rings is 1. The first-order chi connectivity index (χ1) is 8.24. The molecule has 2 heterocycles. The van der Waals surface area contributed by atoms with Crippen molar-refractivity contribution in [3.05, 3.63) is 46.9 Å². The molecule has 0 aliphatic rings. The lowest BCUT2D eigenvalue weighted by Gasteiger charge is -1.96. The second-order valence-electron chi connectivity index (χ2n) is 3.93. The van der Waals surface area contributed by atoms with E-state index in [1.54, 1.807) is 17.4 Å². The van der Waals surface area contributed by atoms with E-state index in [1.165, 1.54) is 12.5 Å². The molecule has 0 unspecified atom stereocenters. The van der Waals surface area contributed by atoms with Crippen LogP contribution in [0.1, 0.15) is 17.5 Å². The van der Waals surface area contributed by atoms with Crippen LogP contribution in [-0.2, 0) is 0 Å². The molecule has 0 bridgehead atoms. The topological polar surface area (TPSA) is 30.2 Å². The molecule has 2 nitrogen and oxygen atoms in total. The predicted octanol–water partition coefficient (Wildman–Crippen LogP) is 4.36. The zero-order valence-corrected chi connectivity index (χ0v) is 10.1. The van der Waals surface area contributed by atoms with Gasteiger partial charge < -0.3 is 4.42 Å². The molecule has 0 aliphatic heterocycles. The normalized spacial score (nSPS) is 10.9. The summed E-state index contributed by atoms with van der Waals surface area (Å²) in [6, 6.07) is 9.85. The van der Waals surface area contributed by atoms with Crippen LogP contribution in [0.5, 0.6) is 0 Å². The van der Waals surface area contributed by atoms with Gasteiger partial charge in [0.05, 0.1) is 0 Å². The molecule has 3 aromatic rings. The van der Waals surface area contributed by atoms with E-state index in [-0.39, 0.29) is 5.78 Å². The summed E-state index contributed by atoms with van der Waals surface area (Å²) in [6.07, 6.45) is 0. The molecule has 0 spiro atoms. The first kappa shape index (κ1) is 10.3. The van der Waals surface area contributed by atoms with Crippen molar-refractivity contribution in [3.8, 4) is 11.1 Å². The van der Waals surface area contributed by atoms with Crippen LogP contribution in [0.4, 0.5) is 0 Å². The predicted molar refractivity (Wildman–Crippen MR) is 69.5 cm³/mol. The Morgan fingerprint density at radius 2 is 2.06 bits per heavy atom. The van der Waals surface area contributed by atoms with Gasteiger partial charge in [-0.3, -0.25) is 4.79 Å². The third kappa shape index (κ3) is 1.78. The summed E-state index contributed by atoms with van der Waals surface area (Å²) in [7, 11) is 0. The summed E-state index contributed by atoms with van der Waals surface area (Å²) >= 11 is 1.67. The lowest BCUT2D eigenvalue weighted by Crippen LogP contribution is -1.85. The number of ketones is 1. The smallest absolute Gasteiger partial charge is 0.194 e. The lowest BCUT2D eigenvalue weighted by molar-refractivity contribution is 0.0989. The molecule has 0 atom stereocenters. The summed E-state index contributed by atoms with van der Waals surface area (Å²) in [5.41, 5.74) is 3.10. The molecule has 3 rings (SSSR count). The van der Waals surface area contributed by atoms with Crippen LogP contribution in [0.3, 0.4) is 0 Å². The van der Waals surface area contributed by atoms with Crippen LogP contribution in [0.25, 0.3) is 22.1 Å². The van der Waals surface area contributed by atoms with E-state index < -0.39 is 0 Å². The van der Waals surface area contributed by atoms with E-state index in [1.807, 2.05) is 18.2 Å². The summed E-state index contributed by atoms with van der Waals surface area (Å²) in [5.74, 6) is 0.376. The first-order valence-electron chi connectivity index (χ1n) is 5.31. The van der Waals surface area contributed by atoms with Crippen LogP contribution >= 0.6 is 11.3 Å². The number of fused-ring (bicyclic) bond motifs is 1. The van der Waals surface area contributed by atoms with E-state index in [9.17, 15) is 4.79 Å². The maximum absolute atomic E-state index is 11.2. The van der Waals surface area contributed by atoms with Gasteiger partial charge in [-0.2, -0.15) is 11.3 Å². The van der Waals surface area contributed by atoms with Gasteiger partial charge in [0.25, 0.3) is 0 Å². The van der Waals surface area contributed by atoms with Crippen molar-refractivity contribution >= 4 is 28.1 Å². The minimum atomic E-state index is -0.0433. The second kappa shape index (κ2) is 3.86. The van der Waals surface area contributed by atoms with Gasteiger partial charge in [0.1, 0.15) is 5.58 Å². The van der Waals surface area contributed by atoms with Crippen molar-refractivity contribution in [2.45, 2.75) is 6.92 Å². The number of hydrogen-bond donors (Lipinski definition) is 0. The molecule has 84 valence electrons. The average molecular weight is 242 g/mol. The molecule has 1 aromatic carbocycles. The van der Waals surface area contributed by atoms with Gasteiger partial charge in [0.15, 0.2) is 11.5 Å². The molecular weight excluding hydrogens is 232 g/mol. The van der Waals surface area contributed by atoms with Gasteiger partial charge in [0.2, 0.25) is 0 Å². The second-order valence-corrected chi connectivity index (χ2v) is 4.71. The number of Topliss-reactive ketones (excluding diaryl/α,β-unsaturated/α-hetero) is 1. The number of furan rings is 1. The van der Waals surface area contributed by atoms with Crippen LogP contribution in [0, 0.1) is 0 Å². The summed E-state index contributed by atoms with van der Waals surface area (Å²) in [6.45, 7) is 1.51. The maximum Gasteiger partial charge on any atom is 0.194 e. The fourth-order valence-electron chi connectivity index (χ4n) is 1.83. The highest BCUT2D eigenvalue weighted by Crippen LogP contribution is 2.28. The van der Waals surface area contributed by atoms with Gasteiger partial charge in [-0.1, -0.05) is 6.07 Å². The van der Waals surface area contributed by atoms with Crippen molar-refractivity contribution < 1.29 is 9.21 Å². The number of carbonyl (C=O) groups is 1. The van der Waals surface area contributed by atoms with Crippen LogP contribution in [0.15, 0.2) is 45.5 Å². The standard InChI is InChI=1S/C14H10O2S/c1-9(15)14-7-12-6-10(2-3-13(12)16-14)11-4-5-17-8-11/h2-8H,1H3. The number of rotatable bonds is 2. The van der Waals surface area contributed by atoms with Gasteiger partial charge in [-0.05, 0) is 46.2 Å². The Hall–Kier alpha value is -1.87. The summed E-state index contributed by atoms with van der Waals surface area (Å²) < 4.78 is 5.45. The molecule has 0 radical (unpaired) electrons. The van der Waals surface area contributed by atoms with E-state index in [0.717, 1.165) is 16.5 Å². The van der Waals surface area contributed by atoms with Crippen molar-refractivity contribution in [3.63, 3.8) is 0 Å². The maximum atomic E-state index is 11.2. The molecule has 3 heteroatoms. The molecule has 17 heavy (non-hydrogen) atoms. The third-order valence-corrected chi connectivity index (χ3v) is 3.40. The molecule has 0 saturated carbocycles. The van der Waals surface area contributed by atoms with Gasteiger partial charge in [-0.25, -0.2) is 0 Å². The van der Waals surface area contributed by atoms with Crippen molar-refractivity contribution in [1.82, 2.24) is 0 Å². The lowest BCUT2D eigenvalue weighted by atomic mass is 10.1. The number of carbonyl (C=O) groups excluding carboxylic acids is 1. The number of hydrogen-bond acceptors (Lipinski definition) is 3. The van der Waals surface area contributed by atoms with E-state index in [4.69, 9.17) is 4.42 Å². The quantitative estimate of drug-likeness (QED) is 0.625. The molecule has 0 fully saturated rings. The molecule has 0 saturated heterocycles. The van der Waals surface area contributed by atoms with Crippen LogP contribution < -0.4 is 0 Å². The fourth-order valence-corrected chi connectivity index (χ4v) is 2.49. The Balaban J connectivity index is 2.16. The molecular formula is C14H10O2S. The molecule has 0 N–H and O–H groups in total. The molecule has 2 aromatic heterocycles. The Morgan fingerprint density at radius 1 is 1.18 bits per heavy atom. The van der Waals surface area contributed by atoms with Gasteiger partial charge >= 0.3 is 0 Å².